The monoisotopic (exact) mass is 321 g/mol. The quantitative estimate of drug-likeness (QED) is 0.854. The zero-order chi connectivity index (χ0) is 15.3. The normalized spacial score (nSPS) is 10.5. The first-order valence-electron chi connectivity index (χ1n) is 5.94. The van der Waals surface area contributed by atoms with Crippen LogP contribution in [-0.2, 0) is 0 Å². The molecule has 0 aromatic heterocycles. The first-order valence-corrected chi connectivity index (χ1v) is 5.94. The third kappa shape index (κ3) is 5.65. The summed E-state index contributed by atoms with van der Waals surface area (Å²) < 4.78 is 25.8. The maximum atomic E-state index is 12.9. The SMILES string of the molecule is CN(C)C(=O)c1ccc(C(=O)NCC(F)(F)CN)cc1.Cl. The summed E-state index contributed by atoms with van der Waals surface area (Å²) in [6.45, 7) is -1.65. The number of carbonyl (C=O) groups is 2. The van der Waals surface area contributed by atoms with Gasteiger partial charge in [-0.1, -0.05) is 0 Å². The summed E-state index contributed by atoms with van der Waals surface area (Å²) in [5.74, 6) is -3.97. The molecule has 0 heterocycles. The summed E-state index contributed by atoms with van der Waals surface area (Å²) in [5, 5.41) is 2.10. The fourth-order valence-corrected chi connectivity index (χ4v) is 1.41. The highest BCUT2D eigenvalue weighted by Crippen LogP contribution is 2.10. The van der Waals surface area contributed by atoms with E-state index in [0.717, 1.165) is 0 Å². The molecule has 0 fully saturated rings. The number of hydrogen-bond acceptors (Lipinski definition) is 3. The molecule has 118 valence electrons. The number of alkyl halides is 2. The predicted molar refractivity (Wildman–Crippen MR) is 78.0 cm³/mol. The molecule has 0 aliphatic carbocycles. The first kappa shape index (κ1) is 19.3. The van der Waals surface area contributed by atoms with Crippen LogP contribution in [0.5, 0.6) is 0 Å². The Morgan fingerprint density at radius 3 is 2.10 bits per heavy atom. The van der Waals surface area contributed by atoms with E-state index in [2.05, 4.69) is 5.32 Å². The van der Waals surface area contributed by atoms with Gasteiger partial charge < -0.3 is 16.0 Å². The second-order valence-corrected chi connectivity index (χ2v) is 4.52. The molecule has 0 spiro atoms. The van der Waals surface area contributed by atoms with Crippen LogP contribution in [0.25, 0.3) is 0 Å². The summed E-state index contributed by atoms with van der Waals surface area (Å²) >= 11 is 0. The molecular weight excluding hydrogens is 304 g/mol. The minimum absolute atomic E-state index is 0. The molecular formula is C13H18ClF2N3O2. The van der Waals surface area contributed by atoms with Gasteiger partial charge in [-0.05, 0) is 24.3 Å². The lowest BCUT2D eigenvalue weighted by molar-refractivity contribution is 0.0118. The van der Waals surface area contributed by atoms with Crippen molar-refractivity contribution in [1.82, 2.24) is 10.2 Å². The Hall–Kier alpha value is -1.73. The van der Waals surface area contributed by atoms with Crippen LogP contribution in [0.3, 0.4) is 0 Å². The summed E-state index contributed by atoms with van der Waals surface area (Å²) in [6.07, 6.45) is 0. The van der Waals surface area contributed by atoms with Crippen molar-refractivity contribution in [2.24, 2.45) is 5.73 Å². The van der Waals surface area contributed by atoms with Gasteiger partial charge in [0.05, 0.1) is 13.1 Å². The van der Waals surface area contributed by atoms with E-state index in [9.17, 15) is 18.4 Å². The molecule has 5 nitrogen and oxygen atoms in total. The number of amides is 2. The molecule has 2 amide bonds. The fraction of sp³-hybridized carbons (Fsp3) is 0.385. The van der Waals surface area contributed by atoms with Gasteiger partial charge in [-0.3, -0.25) is 9.59 Å². The van der Waals surface area contributed by atoms with Crippen LogP contribution in [0.15, 0.2) is 24.3 Å². The predicted octanol–water partition coefficient (Wildman–Crippen LogP) is 1.13. The number of hydrogen-bond donors (Lipinski definition) is 2. The lowest BCUT2D eigenvalue weighted by Crippen LogP contribution is -2.41. The summed E-state index contributed by atoms with van der Waals surface area (Å²) in [5.41, 5.74) is 5.49. The molecule has 1 aromatic carbocycles. The van der Waals surface area contributed by atoms with Crippen molar-refractivity contribution in [3.05, 3.63) is 35.4 Å². The number of nitrogens with two attached hydrogens (primary N) is 1. The first-order chi connectivity index (χ1) is 9.26. The average Bonchev–Trinajstić information content (AvgIpc) is 2.44. The second-order valence-electron chi connectivity index (χ2n) is 4.52. The third-order valence-electron chi connectivity index (χ3n) is 2.61. The molecule has 1 rings (SSSR count). The largest absolute Gasteiger partial charge is 0.346 e. The third-order valence-corrected chi connectivity index (χ3v) is 2.61. The number of nitrogens with zero attached hydrogens (tertiary/aromatic N) is 1. The van der Waals surface area contributed by atoms with E-state index >= 15 is 0 Å². The van der Waals surface area contributed by atoms with Crippen molar-refractivity contribution in [2.75, 3.05) is 27.2 Å². The van der Waals surface area contributed by atoms with Crippen molar-refractivity contribution < 1.29 is 18.4 Å². The minimum atomic E-state index is -3.13. The Balaban J connectivity index is 0.00000400. The van der Waals surface area contributed by atoms with Gasteiger partial charge >= 0.3 is 0 Å². The average molecular weight is 322 g/mol. The van der Waals surface area contributed by atoms with Crippen LogP contribution >= 0.6 is 12.4 Å². The molecule has 0 bridgehead atoms. The minimum Gasteiger partial charge on any atom is -0.346 e. The lowest BCUT2D eigenvalue weighted by atomic mass is 10.1. The highest BCUT2D eigenvalue weighted by Gasteiger charge is 2.27. The second kappa shape index (κ2) is 7.90. The summed E-state index contributed by atoms with van der Waals surface area (Å²) in [4.78, 5) is 24.7. The van der Waals surface area contributed by atoms with Crippen LogP contribution in [-0.4, -0.2) is 49.8 Å². The number of rotatable bonds is 5. The van der Waals surface area contributed by atoms with Crippen LogP contribution in [0, 0.1) is 0 Å². The Kier molecular flexibility index (Phi) is 7.25. The molecule has 0 unspecified atom stereocenters. The van der Waals surface area contributed by atoms with Crippen molar-refractivity contribution in [3.63, 3.8) is 0 Å². The highest BCUT2D eigenvalue weighted by atomic mass is 35.5. The maximum absolute atomic E-state index is 12.9. The number of nitrogens with one attached hydrogen (secondary N) is 1. The van der Waals surface area contributed by atoms with Crippen LogP contribution in [0.1, 0.15) is 20.7 Å². The maximum Gasteiger partial charge on any atom is 0.277 e. The van der Waals surface area contributed by atoms with Gasteiger partial charge in [0, 0.05) is 25.2 Å². The Morgan fingerprint density at radius 2 is 1.67 bits per heavy atom. The van der Waals surface area contributed by atoms with E-state index < -0.39 is 24.9 Å². The van der Waals surface area contributed by atoms with Crippen molar-refractivity contribution >= 4 is 24.2 Å². The molecule has 21 heavy (non-hydrogen) atoms. The summed E-state index contributed by atoms with van der Waals surface area (Å²) in [6, 6.07) is 5.76. The fourth-order valence-electron chi connectivity index (χ4n) is 1.41. The van der Waals surface area contributed by atoms with Gasteiger partial charge in [0.25, 0.3) is 17.7 Å². The zero-order valence-corrected chi connectivity index (χ0v) is 12.5. The molecule has 0 saturated heterocycles. The molecule has 0 atom stereocenters. The van der Waals surface area contributed by atoms with Gasteiger partial charge in [-0.2, -0.15) is 0 Å². The lowest BCUT2D eigenvalue weighted by Gasteiger charge is -2.14. The van der Waals surface area contributed by atoms with Crippen molar-refractivity contribution in [3.8, 4) is 0 Å². The van der Waals surface area contributed by atoms with Gasteiger partial charge in [-0.25, -0.2) is 8.78 Å². The molecule has 0 aliphatic rings. The Morgan fingerprint density at radius 1 is 1.19 bits per heavy atom. The number of benzene rings is 1. The molecule has 0 radical (unpaired) electrons. The van der Waals surface area contributed by atoms with E-state index in [-0.39, 0.29) is 23.9 Å². The van der Waals surface area contributed by atoms with Crippen molar-refractivity contribution in [2.45, 2.75) is 5.92 Å². The topological polar surface area (TPSA) is 75.4 Å². The van der Waals surface area contributed by atoms with E-state index in [4.69, 9.17) is 5.73 Å². The van der Waals surface area contributed by atoms with E-state index in [0.29, 0.717) is 5.56 Å². The van der Waals surface area contributed by atoms with Gasteiger partial charge in [0.15, 0.2) is 0 Å². The molecule has 0 saturated carbocycles. The number of carbonyl (C=O) groups excluding carboxylic acids is 2. The van der Waals surface area contributed by atoms with Crippen LogP contribution in [0.4, 0.5) is 8.78 Å². The van der Waals surface area contributed by atoms with Gasteiger partial charge in [0.2, 0.25) is 0 Å². The van der Waals surface area contributed by atoms with Crippen LogP contribution < -0.4 is 11.1 Å². The van der Waals surface area contributed by atoms with E-state index in [1.165, 1.54) is 29.2 Å². The van der Waals surface area contributed by atoms with Gasteiger partial charge in [-0.15, -0.1) is 12.4 Å². The molecule has 1 aromatic rings. The molecule has 3 N–H and O–H groups in total. The standard InChI is InChI=1S/C13H17F2N3O2.ClH/c1-18(2)12(20)10-5-3-9(4-6-10)11(19)17-8-13(14,15)7-16;/h3-6H,7-8,16H2,1-2H3,(H,17,19);1H. The smallest absolute Gasteiger partial charge is 0.277 e. The Bertz CT molecular complexity index is 493. The highest BCUT2D eigenvalue weighted by molar-refractivity contribution is 5.97. The number of halogens is 3. The van der Waals surface area contributed by atoms with E-state index in [1.807, 2.05) is 0 Å². The van der Waals surface area contributed by atoms with Gasteiger partial charge in [0.1, 0.15) is 0 Å². The van der Waals surface area contributed by atoms with E-state index in [1.54, 1.807) is 14.1 Å². The summed E-state index contributed by atoms with van der Waals surface area (Å²) in [7, 11) is 3.22. The molecule has 8 heteroatoms. The Labute approximate surface area is 127 Å². The zero-order valence-electron chi connectivity index (χ0n) is 11.7. The van der Waals surface area contributed by atoms with Crippen LogP contribution in [0.2, 0.25) is 0 Å². The molecule has 0 aliphatic heterocycles. The van der Waals surface area contributed by atoms with Crippen molar-refractivity contribution in [1.29, 1.82) is 0 Å².